The number of amides is 1. The minimum Gasteiger partial charge on any atom is -0.397 e. The van der Waals surface area contributed by atoms with Gasteiger partial charge >= 0.3 is 0 Å². The molecule has 0 aliphatic carbocycles. The second kappa shape index (κ2) is 15.7. The maximum Gasteiger partial charge on any atom is 0.257 e. The summed E-state index contributed by atoms with van der Waals surface area (Å²) in [6.07, 6.45) is 0. The molecule has 1 amide bonds. The topological polar surface area (TPSA) is 62.2 Å². The number of benzene rings is 2. The minimum atomic E-state index is -0.139. The molecule has 0 aliphatic rings. The van der Waals surface area contributed by atoms with Crippen LogP contribution in [0.2, 0.25) is 0 Å². The van der Waals surface area contributed by atoms with Crippen LogP contribution in [-0.4, -0.2) is 22.6 Å². The van der Waals surface area contributed by atoms with Crippen LogP contribution in [-0.2, 0) is 0 Å². The highest BCUT2D eigenvalue weighted by Gasteiger charge is 2.09. The molecule has 2 N–H and O–H groups in total. The smallest absolute Gasteiger partial charge is 0.257 e. The summed E-state index contributed by atoms with van der Waals surface area (Å²) >= 11 is 1.42. The van der Waals surface area contributed by atoms with Crippen molar-refractivity contribution in [3.63, 3.8) is 0 Å². The largest absolute Gasteiger partial charge is 0.397 e. The lowest BCUT2D eigenvalue weighted by Gasteiger charge is -2.00. The highest BCUT2D eigenvalue weighted by Crippen LogP contribution is 2.24. The number of aliphatic hydroxyl groups excluding tert-OH is 1. The Kier molecular flexibility index (Phi) is 14.3. The number of carbonyl (C=O) groups excluding carboxylic acids is 1. The number of hydrogen-bond acceptors (Lipinski definition) is 4. The Morgan fingerprint density at radius 2 is 1.44 bits per heavy atom. The number of anilines is 1. The summed E-state index contributed by atoms with van der Waals surface area (Å²) in [5.74, 6) is -0.139. The highest BCUT2D eigenvalue weighted by molar-refractivity contribution is 7.14. The zero-order valence-electron chi connectivity index (χ0n) is 16.8. The summed E-state index contributed by atoms with van der Waals surface area (Å²) in [7, 11) is 0. The van der Waals surface area contributed by atoms with Crippen LogP contribution < -0.4 is 5.32 Å². The monoisotopic (exact) mass is 386 g/mol. The van der Waals surface area contributed by atoms with Crippen molar-refractivity contribution in [2.75, 3.05) is 11.9 Å². The molecule has 0 saturated heterocycles. The van der Waals surface area contributed by atoms with Crippen molar-refractivity contribution in [2.45, 2.75) is 34.6 Å². The molecule has 146 valence electrons. The van der Waals surface area contributed by atoms with Crippen LogP contribution in [0.4, 0.5) is 5.13 Å². The van der Waals surface area contributed by atoms with E-state index < -0.39 is 0 Å². The number of hydrogen-bond donors (Lipinski definition) is 2. The molecule has 0 aliphatic heterocycles. The molecule has 0 spiro atoms. The minimum absolute atomic E-state index is 0.139. The van der Waals surface area contributed by atoms with Crippen molar-refractivity contribution in [3.8, 4) is 11.3 Å². The Bertz CT molecular complexity index is 728. The van der Waals surface area contributed by atoms with Crippen LogP contribution in [0.1, 0.15) is 45.0 Å². The third kappa shape index (κ3) is 9.13. The number of carbonyl (C=O) groups is 1. The van der Waals surface area contributed by atoms with Crippen LogP contribution in [0.15, 0.2) is 66.0 Å². The molecule has 3 aromatic rings. The zero-order valence-corrected chi connectivity index (χ0v) is 17.6. The molecule has 0 radical (unpaired) electrons. The van der Waals surface area contributed by atoms with Crippen LogP contribution >= 0.6 is 11.3 Å². The van der Waals surface area contributed by atoms with E-state index in [0.29, 0.717) is 10.7 Å². The Hall–Kier alpha value is -2.50. The highest BCUT2D eigenvalue weighted by atomic mass is 32.1. The van der Waals surface area contributed by atoms with Gasteiger partial charge in [0, 0.05) is 23.1 Å². The molecule has 0 atom stereocenters. The zero-order chi connectivity index (χ0) is 20.5. The fraction of sp³-hybridized carbons (Fsp3) is 0.273. The Morgan fingerprint density at radius 3 is 1.96 bits per heavy atom. The fourth-order valence-electron chi connectivity index (χ4n) is 1.83. The second-order valence-corrected chi connectivity index (χ2v) is 5.40. The van der Waals surface area contributed by atoms with Gasteiger partial charge < -0.3 is 5.11 Å². The third-order valence-corrected chi connectivity index (χ3v) is 3.59. The molecule has 1 aromatic heterocycles. The number of nitrogens with zero attached hydrogens (tertiary/aromatic N) is 1. The van der Waals surface area contributed by atoms with E-state index in [2.05, 4.69) is 10.3 Å². The molecule has 0 fully saturated rings. The van der Waals surface area contributed by atoms with E-state index in [0.717, 1.165) is 11.3 Å². The molecular formula is C22H30N2O2S. The maximum absolute atomic E-state index is 12.0. The van der Waals surface area contributed by atoms with Gasteiger partial charge in [0.2, 0.25) is 0 Å². The first-order chi connectivity index (χ1) is 13.2. The third-order valence-electron chi connectivity index (χ3n) is 2.83. The van der Waals surface area contributed by atoms with Crippen molar-refractivity contribution >= 4 is 22.4 Å². The number of aliphatic hydroxyl groups is 1. The Balaban J connectivity index is 0.000000860. The average Bonchev–Trinajstić information content (AvgIpc) is 3.21. The van der Waals surface area contributed by atoms with Crippen molar-refractivity contribution in [2.24, 2.45) is 0 Å². The number of aromatic nitrogens is 1. The van der Waals surface area contributed by atoms with Crippen molar-refractivity contribution < 1.29 is 9.90 Å². The van der Waals surface area contributed by atoms with Crippen molar-refractivity contribution in [1.29, 1.82) is 0 Å². The summed E-state index contributed by atoms with van der Waals surface area (Å²) in [6.45, 7) is 9.93. The second-order valence-electron chi connectivity index (χ2n) is 4.54. The summed E-state index contributed by atoms with van der Waals surface area (Å²) in [4.78, 5) is 16.4. The lowest BCUT2D eigenvalue weighted by molar-refractivity contribution is 0.102. The standard InChI is InChI=1S/C16H12N2OS.C2H6O.2C2H6/c19-15(13-9-5-2-6-10-13)18-16-17-14(11-20-16)12-7-3-1-4-8-12;1-2-3;2*1-2/h1-11H,(H,17,18,19);3H,2H2,1H3;2*1-2H3. The van der Waals surface area contributed by atoms with Gasteiger partial charge in [0.25, 0.3) is 5.91 Å². The molecule has 0 bridgehead atoms. The van der Waals surface area contributed by atoms with Gasteiger partial charge in [0.05, 0.1) is 5.69 Å². The first kappa shape index (κ1) is 24.5. The molecule has 27 heavy (non-hydrogen) atoms. The van der Waals surface area contributed by atoms with Gasteiger partial charge in [-0.25, -0.2) is 4.98 Å². The van der Waals surface area contributed by atoms with E-state index in [1.54, 1.807) is 19.1 Å². The van der Waals surface area contributed by atoms with Crippen LogP contribution in [0.5, 0.6) is 0 Å². The Morgan fingerprint density at radius 1 is 0.963 bits per heavy atom. The normalized spacial score (nSPS) is 8.67. The molecule has 0 unspecified atom stereocenters. The summed E-state index contributed by atoms with van der Waals surface area (Å²) < 4.78 is 0. The van der Waals surface area contributed by atoms with E-state index in [1.807, 2.05) is 81.6 Å². The number of thiazole rings is 1. The van der Waals surface area contributed by atoms with Gasteiger partial charge in [-0.05, 0) is 19.1 Å². The summed E-state index contributed by atoms with van der Waals surface area (Å²) in [5, 5.41) is 12.9. The fourth-order valence-corrected chi connectivity index (χ4v) is 2.55. The lowest BCUT2D eigenvalue weighted by atomic mass is 10.2. The van der Waals surface area contributed by atoms with Crippen LogP contribution in [0, 0.1) is 0 Å². The quantitative estimate of drug-likeness (QED) is 0.570. The van der Waals surface area contributed by atoms with Gasteiger partial charge in [-0.3, -0.25) is 10.1 Å². The summed E-state index contributed by atoms with van der Waals surface area (Å²) in [6, 6.07) is 19.0. The predicted octanol–water partition coefficient (Wildman–Crippen LogP) is 6.11. The molecular weight excluding hydrogens is 356 g/mol. The van der Waals surface area contributed by atoms with Crippen LogP contribution in [0.3, 0.4) is 0 Å². The van der Waals surface area contributed by atoms with E-state index in [4.69, 9.17) is 5.11 Å². The van der Waals surface area contributed by atoms with Gasteiger partial charge in [0.1, 0.15) is 0 Å². The molecule has 4 nitrogen and oxygen atoms in total. The van der Waals surface area contributed by atoms with Crippen molar-refractivity contribution in [1.82, 2.24) is 4.98 Å². The van der Waals surface area contributed by atoms with E-state index >= 15 is 0 Å². The number of rotatable bonds is 3. The molecule has 3 rings (SSSR count). The first-order valence-electron chi connectivity index (χ1n) is 9.22. The summed E-state index contributed by atoms with van der Waals surface area (Å²) in [5.41, 5.74) is 2.55. The molecule has 2 aromatic carbocycles. The SMILES string of the molecule is CC.CC.CCO.O=C(Nc1nc(-c2ccccc2)cs1)c1ccccc1. The van der Waals surface area contributed by atoms with Gasteiger partial charge in [-0.15, -0.1) is 11.3 Å². The van der Waals surface area contributed by atoms with Crippen molar-refractivity contribution in [3.05, 3.63) is 71.6 Å². The molecule has 1 heterocycles. The first-order valence-corrected chi connectivity index (χ1v) is 10.1. The van der Waals surface area contributed by atoms with E-state index in [-0.39, 0.29) is 12.5 Å². The predicted molar refractivity (Wildman–Crippen MR) is 117 cm³/mol. The van der Waals surface area contributed by atoms with Crippen LogP contribution in [0.25, 0.3) is 11.3 Å². The van der Waals surface area contributed by atoms with E-state index in [1.165, 1.54) is 11.3 Å². The average molecular weight is 387 g/mol. The van der Waals surface area contributed by atoms with Gasteiger partial charge in [-0.1, -0.05) is 76.2 Å². The maximum atomic E-state index is 12.0. The van der Waals surface area contributed by atoms with Gasteiger partial charge in [0.15, 0.2) is 5.13 Å². The molecule has 0 saturated carbocycles. The van der Waals surface area contributed by atoms with E-state index in [9.17, 15) is 4.79 Å². The lowest BCUT2D eigenvalue weighted by Crippen LogP contribution is -2.11. The molecule has 5 heteroatoms. The number of nitrogens with one attached hydrogen (secondary N) is 1. The Labute approximate surface area is 166 Å². The van der Waals surface area contributed by atoms with Gasteiger partial charge in [-0.2, -0.15) is 0 Å².